The predicted molar refractivity (Wildman–Crippen MR) is 107 cm³/mol. The molecule has 3 aromatic rings. The Morgan fingerprint density at radius 1 is 1.18 bits per heavy atom. The molecule has 2 aromatic carbocycles. The molecule has 0 aliphatic rings. The van der Waals surface area contributed by atoms with Gasteiger partial charge in [0.25, 0.3) is 5.56 Å². The van der Waals surface area contributed by atoms with Gasteiger partial charge in [-0.15, -0.1) is 0 Å². The van der Waals surface area contributed by atoms with Crippen LogP contribution in [-0.4, -0.2) is 29.2 Å². The lowest BCUT2D eigenvalue weighted by atomic mass is 10.1. The number of methoxy groups -OCH3 is 1. The summed E-state index contributed by atoms with van der Waals surface area (Å²) >= 11 is 0. The maximum absolute atomic E-state index is 12.4. The molecule has 0 fully saturated rings. The molecule has 0 unspecified atom stereocenters. The van der Waals surface area contributed by atoms with Crippen LogP contribution in [-0.2, 0) is 11.2 Å². The Labute approximate surface area is 162 Å². The van der Waals surface area contributed by atoms with E-state index < -0.39 is 5.91 Å². The summed E-state index contributed by atoms with van der Waals surface area (Å²) in [6.45, 7) is 1.71. The molecule has 0 saturated carbocycles. The van der Waals surface area contributed by atoms with E-state index in [9.17, 15) is 9.59 Å². The molecule has 0 radical (unpaired) electrons. The van der Waals surface area contributed by atoms with Gasteiger partial charge in [0, 0.05) is 16.8 Å². The van der Waals surface area contributed by atoms with Gasteiger partial charge < -0.3 is 9.72 Å². The Morgan fingerprint density at radius 2 is 1.89 bits per heavy atom. The van der Waals surface area contributed by atoms with Crippen molar-refractivity contribution in [3.8, 4) is 17.1 Å². The Balaban J connectivity index is 1.66. The summed E-state index contributed by atoms with van der Waals surface area (Å²) in [5.74, 6) is 0.819. The Kier molecular flexibility index (Phi) is 5.96. The van der Waals surface area contributed by atoms with Crippen molar-refractivity contribution in [2.45, 2.75) is 13.3 Å². The number of amides is 1. The molecule has 1 aromatic heterocycles. The normalized spacial score (nSPS) is 10.8. The number of carbonyl (C=O) groups is 1. The second-order valence-electron chi connectivity index (χ2n) is 6.09. The van der Waals surface area contributed by atoms with E-state index in [1.807, 2.05) is 42.5 Å². The van der Waals surface area contributed by atoms with E-state index in [0.717, 1.165) is 16.9 Å². The SMILES string of the molecule is COc1ccc(C=NNC(=O)Cc2c(C)nc(-c3ccccc3)[nH]c2=O)cc1. The lowest BCUT2D eigenvalue weighted by molar-refractivity contribution is -0.120. The van der Waals surface area contributed by atoms with Crippen LogP contribution in [0.1, 0.15) is 16.8 Å². The first-order valence-corrected chi connectivity index (χ1v) is 8.68. The van der Waals surface area contributed by atoms with E-state index in [2.05, 4.69) is 20.5 Å². The molecule has 7 nitrogen and oxygen atoms in total. The van der Waals surface area contributed by atoms with Crippen LogP contribution in [0.5, 0.6) is 5.75 Å². The zero-order valence-electron chi connectivity index (χ0n) is 15.6. The molecule has 0 aliphatic heterocycles. The summed E-state index contributed by atoms with van der Waals surface area (Å²) in [5.41, 5.74) is 4.54. The predicted octanol–water partition coefficient (Wildman–Crippen LogP) is 2.45. The third-order valence-electron chi connectivity index (χ3n) is 4.13. The van der Waals surface area contributed by atoms with Gasteiger partial charge in [-0.2, -0.15) is 5.10 Å². The van der Waals surface area contributed by atoms with Crippen LogP contribution in [0.3, 0.4) is 0 Å². The molecule has 0 atom stereocenters. The number of hydrazone groups is 1. The summed E-state index contributed by atoms with van der Waals surface area (Å²) in [5, 5.41) is 3.92. The van der Waals surface area contributed by atoms with Gasteiger partial charge in [-0.3, -0.25) is 9.59 Å². The van der Waals surface area contributed by atoms with Crippen LogP contribution < -0.4 is 15.7 Å². The topological polar surface area (TPSA) is 96.4 Å². The van der Waals surface area contributed by atoms with Gasteiger partial charge in [0.15, 0.2) is 0 Å². The van der Waals surface area contributed by atoms with Crippen molar-refractivity contribution in [1.29, 1.82) is 0 Å². The highest BCUT2D eigenvalue weighted by Gasteiger charge is 2.13. The lowest BCUT2D eigenvalue weighted by Crippen LogP contribution is -2.26. The summed E-state index contributed by atoms with van der Waals surface area (Å²) in [4.78, 5) is 31.7. The fourth-order valence-electron chi connectivity index (χ4n) is 2.62. The molecule has 3 rings (SSSR count). The average Bonchev–Trinajstić information content (AvgIpc) is 2.72. The molecule has 142 valence electrons. The van der Waals surface area contributed by atoms with Crippen molar-refractivity contribution >= 4 is 12.1 Å². The Bertz CT molecular complexity index is 1040. The standard InChI is InChI=1S/C21H20N4O3/c1-14-18(21(27)24-20(23-14)16-6-4-3-5-7-16)12-19(26)25-22-13-15-8-10-17(28-2)11-9-15/h3-11,13H,12H2,1-2H3,(H,25,26)(H,23,24,27). The average molecular weight is 376 g/mol. The molecule has 1 heterocycles. The summed E-state index contributed by atoms with van der Waals surface area (Å²) in [7, 11) is 1.59. The number of ether oxygens (including phenoxy) is 1. The van der Waals surface area contributed by atoms with Gasteiger partial charge in [-0.05, 0) is 36.8 Å². The number of benzene rings is 2. The minimum atomic E-state index is -0.396. The van der Waals surface area contributed by atoms with Crippen LogP contribution in [0.25, 0.3) is 11.4 Å². The number of nitrogens with one attached hydrogen (secondary N) is 2. The minimum absolute atomic E-state index is 0.108. The van der Waals surface area contributed by atoms with Gasteiger partial charge >= 0.3 is 0 Å². The number of carbonyl (C=O) groups excluding carboxylic acids is 1. The van der Waals surface area contributed by atoms with E-state index in [0.29, 0.717) is 17.1 Å². The number of aryl methyl sites for hydroxylation is 1. The first-order chi connectivity index (χ1) is 13.6. The van der Waals surface area contributed by atoms with Gasteiger partial charge in [-0.1, -0.05) is 30.3 Å². The molecule has 28 heavy (non-hydrogen) atoms. The third kappa shape index (κ3) is 4.70. The largest absolute Gasteiger partial charge is 0.497 e. The van der Waals surface area contributed by atoms with Crippen LogP contribution in [0, 0.1) is 6.92 Å². The Hall–Kier alpha value is -3.74. The number of nitrogens with zero attached hydrogens (tertiary/aromatic N) is 2. The molecule has 0 bridgehead atoms. The number of aromatic nitrogens is 2. The van der Waals surface area contributed by atoms with Crippen molar-refractivity contribution in [1.82, 2.24) is 15.4 Å². The minimum Gasteiger partial charge on any atom is -0.497 e. The molecule has 0 aliphatic carbocycles. The highest BCUT2D eigenvalue weighted by molar-refractivity contribution is 5.83. The lowest BCUT2D eigenvalue weighted by Gasteiger charge is -2.07. The van der Waals surface area contributed by atoms with Gasteiger partial charge in [0.1, 0.15) is 11.6 Å². The zero-order chi connectivity index (χ0) is 19.9. The molecule has 1 amide bonds. The maximum atomic E-state index is 12.4. The number of hydrogen-bond donors (Lipinski definition) is 2. The second-order valence-corrected chi connectivity index (χ2v) is 6.09. The highest BCUT2D eigenvalue weighted by atomic mass is 16.5. The number of hydrogen-bond acceptors (Lipinski definition) is 5. The van der Waals surface area contributed by atoms with Crippen LogP contribution in [0.2, 0.25) is 0 Å². The fraction of sp³-hybridized carbons (Fsp3) is 0.143. The van der Waals surface area contributed by atoms with Gasteiger partial charge in [0.2, 0.25) is 5.91 Å². The highest BCUT2D eigenvalue weighted by Crippen LogP contribution is 2.14. The van der Waals surface area contributed by atoms with Gasteiger partial charge in [-0.25, -0.2) is 10.4 Å². The van der Waals surface area contributed by atoms with Crippen molar-refractivity contribution < 1.29 is 9.53 Å². The molecule has 2 N–H and O–H groups in total. The first-order valence-electron chi connectivity index (χ1n) is 8.68. The van der Waals surface area contributed by atoms with E-state index in [1.54, 1.807) is 26.2 Å². The van der Waals surface area contributed by atoms with Crippen LogP contribution in [0.15, 0.2) is 64.5 Å². The van der Waals surface area contributed by atoms with E-state index in [1.165, 1.54) is 6.21 Å². The summed E-state index contributed by atoms with van der Waals surface area (Å²) in [6.07, 6.45) is 1.41. The van der Waals surface area contributed by atoms with Crippen LogP contribution >= 0.6 is 0 Å². The van der Waals surface area contributed by atoms with Gasteiger partial charge in [0.05, 0.1) is 19.7 Å². The second kappa shape index (κ2) is 8.77. The maximum Gasteiger partial charge on any atom is 0.255 e. The van der Waals surface area contributed by atoms with Crippen molar-refractivity contribution in [3.63, 3.8) is 0 Å². The number of aromatic amines is 1. The number of H-pyrrole nitrogens is 1. The third-order valence-corrected chi connectivity index (χ3v) is 4.13. The smallest absolute Gasteiger partial charge is 0.255 e. The van der Waals surface area contributed by atoms with Crippen molar-refractivity contribution in [3.05, 3.63) is 81.8 Å². The fourth-order valence-corrected chi connectivity index (χ4v) is 2.62. The van der Waals surface area contributed by atoms with E-state index >= 15 is 0 Å². The first kappa shape index (κ1) is 19.0. The van der Waals surface area contributed by atoms with Crippen molar-refractivity contribution in [2.75, 3.05) is 7.11 Å². The monoisotopic (exact) mass is 376 g/mol. The molecule has 0 spiro atoms. The molecular weight excluding hydrogens is 356 g/mol. The van der Waals surface area contributed by atoms with E-state index in [-0.39, 0.29) is 12.0 Å². The molecule has 7 heteroatoms. The summed E-state index contributed by atoms with van der Waals surface area (Å²) < 4.78 is 5.08. The molecular formula is C21H20N4O3. The summed E-state index contributed by atoms with van der Waals surface area (Å²) in [6, 6.07) is 16.6. The quantitative estimate of drug-likeness (QED) is 0.510. The number of rotatable bonds is 6. The zero-order valence-corrected chi connectivity index (χ0v) is 15.6. The van der Waals surface area contributed by atoms with Crippen molar-refractivity contribution in [2.24, 2.45) is 5.10 Å². The van der Waals surface area contributed by atoms with Crippen LogP contribution in [0.4, 0.5) is 0 Å². The molecule has 0 saturated heterocycles. The van der Waals surface area contributed by atoms with E-state index in [4.69, 9.17) is 4.74 Å². The Morgan fingerprint density at radius 3 is 2.54 bits per heavy atom.